The Labute approximate surface area is 181 Å². The van der Waals surface area contributed by atoms with E-state index < -0.39 is 17.6 Å². The molecule has 7 nitrogen and oxygen atoms in total. The van der Waals surface area contributed by atoms with Crippen molar-refractivity contribution in [1.82, 2.24) is 20.3 Å². The molecule has 1 aliphatic heterocycles. The van der Waals surface area contributed by atoms with Gasteiger partial charge in [-0.3, -0.25) is 0 Å². The standard InChI is InChI=1S/C21H22F4N6O/c1-12-28-18(27-11-13-4-3-5-15(17(13)22)21(23,24)25)14-10-16(31-8-6-26-7-9-31)20(32-2)30-19(14)29-12/h3-5,10,26H,6-9,11H2,1-2H3,(H,27,28,29,30). The van der Waals surface area contributed by atoms with Crippen molar-refractivity contribution in [3.05, 3.63) is 47.0 Å². The largest absolute Gasteiger partial charge is 0.479 e. The number of ether oxygens (including phenoxy) is 1. The lowest BCUT2D eigenvalue weighted by molar-refractivity contribution is -0.140. The van der Waals surface area contributed by atoms with Crippen LogP contribution in [0.15, 0.2) is 24.3 Å². The highest BCUT2D eigenvalue weighted by atomic mass is 19.4. The maximum atomic E-state index is 14.4. The number of hydrogen-bond donors (Lipinski definition) is 2. The first-order valence-corrected chi connectivity index (χ1v) is 10.1. The summed E-state index contributed by atoms with van der Waals surface area (Å²) in [6, 6.07) is 5.05. The third-order valence-corrected chi connectivity index (χ3v) is 5.23. The zero-order valence-corrected chi connectivity index (χ0v) is 17.6. The Balaban J connectivity index is 1.71. The van der Waals surface area contributed by atoms with Crippen molar-refractivity contribution in [3.8, 4) is 5.88 Å². The molecular formula is C21H22F4N6O. The molecule has 1 saturated heterocycles. The molecule has 0 aliphatic carbocycles. The van der Waals surface area contributed by atoms with Crippen LogP contribution in [0, 0.1) is 12.7 Å². The molecule has 1 aromatic carbocycles. The molecule has 1 fully saturated rings. The van der Waals surface area contributed by atoms with E-state index in [1.54, 1.807) is 6.92 Å². The molecule has 0 bridgehead atoms. The molecule has 170 valence electrons. The number of halogens is 4. The lowest BCUT2D eigenvalue weighted by atomic mass is 10.1. The van der Waals surface area contributed by atoms with E-state index in [1.165, 1.54) is 19.2 Å². The van der Waals surface area contributed by atoms with Gasteiger partial charge in [0.1, 0.15) is 23.1 Å². The Morgan fingerprint density at radius 2 is 1.91 bits per heavy atom. The van der Waals surface area contributed by atoms with Gasteiger partial charge < -0.3 is 20.3 Å². The van der Waals surface area contributed by atoms with Crippen molar-refractivity contribution in [2.75, 3.05) is 43.5 Å². The van der Waals surface area contributed by atoms with Crippen LogP contribution >= 0.6 is 0 Å². The van der Waals surface area contributed by atoms with E-state index in [1.807, 2.05) is 6.07 Å². The molecule has 11 heteroatoms. The number of aromatic nitrogens is 3. The minimum Gasteiger partial charge on any atom is -0.479 e. The van der Waals surface area contributed by atoms with Crippen LogP contribution in [0.4, 0.5) is 29.1 Å². The van der Waals surface area contributed by atoms with Crippen LogP contribution in [0.3, 0.4) is 0 Å². The van der Waals surface area contributed by atoms with Gasteiger partial charge in [0.2, 0.25) is 5.88 Å². The number of piperazine rings is 1. The number of pyridine rings is 1. The highest BCUT2D eigenvalue weighted by molar-refractivity contribution is 5.90. The molecular weight excluding hydrogens is 428 g/mol. The summed E-state index contributed by atoms with van der Waals surface area (Å²) in [4.78, 5) is 15.4. The Morgan fingerprint density at radius 1 is 1.16 bits per heavy atom. The van der Waals surface area contributed by atoms with Gasteiger partial charge in [0.15, 0.2) is 5.65 Å². The van der Waals surface area contributed by atoms with Crippen LogP contribution in [-0.2, 0) is 12.7 Å². The summed E-state index contributed by atoms with van der Waals surface area (Å²) in [5.74, 6) is -0.110. The van der Waals surface area contributed by atoms with Gasteiger partial charge in [0, 0.05) is 38.3 Å². The first-order valence-electron chi connectivity index (χ1n) is 10.1. The Bertz CT molecular complexity index is 1130. The van der Waals surface area contributed by atoms with E-state index >= 15 is 0 Å². The van der Waals surface area contributed by atoms with E-state index in [2.05, 4.69) is 30.5 Å². The fourth-order valence-electron chi connectivity index (χ4n) is 3.67. The van der Waals surface area contributed by atoms with Crippen molar-refractivity contribution in [1.29, 1.82) is 0 Å². The fraction of sp³-hybridized carbons (Fsp3) is 0.381. The van der Waals surface area contributed by atoms with E-state index in [0.717, 1.165) is 37.9 Å². The minimum absolute atomic E-state index is 0.118. The number of nitrogens with one attached hydrogen (secondary N) is 2. The number of aryl methyl sites for hydroxylation is 1. The molecule has 0 amide bonds. The van der Waals surface area contributed by atoms with Crippen LogP contribution in [0.25, 0.3) is 11.0 Å². The number of anilines is 2. The monoisotopic (exact) mass is 450 g/mol. The minimum atomic E-state index is -4.77. The van der Waals surface area contributed by atoms with Crippen LogP contribution < -0.4 is 20.3 Å². The quantitative estimate of drug-likeness (QED) is 0.576. The van der Waals surface area contributed by atoms with Gasteiger partial charge in [-0.25, -0.2) is 14.4 Å². The number of benzene rings is 1. The molecule has 0 saturated carbocycles. The number of methoxy groups -OCH3 is 1. The van der Waals surface area contributed by atoms with E-state index in [4.69, 9.17) is 4.74 Å². The van der Waals surface area contributed by atoms with Gasteiger partial charge in [-0.2, -0.15) is 18.2 Å². The number of nitrogens with zero attached hydrogens (tertiary/aromatic N) is 4. The second kappa shape index (κ2) is 8.73. The highest BCUT2D eigenvalue weighted by Gasteiger charge is 2.34. The normalized spacial score (nSPS) is 14.6. The molecule has 32 heavy (non-hydrogen) atoms. The van der Waals surface area contributed by atoms with Gasteiger partial charge >= 0.3 is 6.18 Å². The Hall–Kier alpha value is -3.21. The van der Waals surface area contributed by atoms with Gasteiger partial charge in [-0.05, 0) is 19.1 Å². The number of hydrogen-bond acceptors (Lipinski definition) is 7. The molecule has 2 N–H and O–H groups in total. The summed E-state index contributed by atoms with van der Waals surface area (Å²) in [5.41, 5.74) is -0.275. The predicted molar refractivity (Wildman–Crippen MR) is 112 cm³/mol. The lowest BCUT2D eigenvalue weighted by Crippen LogP contribution is -2.43. The molecule has 0 unspecified atom stereocenters. The zero-order chi connectivity index (χ0) is 22.9. The second-order valence-corrected chi connectivity index (χ2v) is 7.37. The van der Waals surface area contributed by atoms with Crippen LogP contribution in [-0.4, -0.2) is 48.2 Å². The summed E-state index contributed by atoms with van der Waals surface area (Å²) in [5, 5.41) is 6.81. The predicted octanol–water partition coefficient (Wildman–Crippen LogP) is 3.52. The summed E-state index contributed by atoms with van der Waals surface area (Å²) in [7, 11) is 1.53. The molecule has 0 spiro atoms. The molecule has 0 atom stereocenters. The second-order valence-electron chi connectivity index (χ2n) is 7.37. The van der Waals surface area contributed by atoms with E-state index in [-0.39, 0.29) is 12.1 Å². The third kappa shape index (κ3) is 4.38. The van der Waals surface area contributed by atoms with Crippen molar-refractivity contribution in [3.63, 3.8) is 0 Å². The first kappa shape index (κ1) is 22.0. The average Bonchev–Trinajstić information content (AvgIpc) is 2.77. The van der Waals surface area contributed by atoms with Crippen molar-refractivity contribution in [2.24, 2.45) is 0 Å². The molecule has 2 aromatic heterocycles. The summed E-state index contributed by atoms with van der Waals surface area (Å²) >= 11 is 0. The molecule has 3 aromatic rings. The van der Waals surface area contributed by atoms with E-state index in [0.29, 0.717) is 28.6 Å². The summed E-state index contributed by atoms with van der Waals surface area (Å²) in [6.45, 7) is 4.63. The summed E-state index contributed by atoms with van der Waals surface area (Å²) < 4.78 is 59.0. The van der Waals surface area contributed by atoms with Crippen LogP contribution in [0.1, 0.15) is 17.0 Å². The molecule has 1 aliphatic rings. The van der Waals surface area contributed by atoms with Gasteiger partial charge in [0.05, 0.1) is 18.1 Å². The zero-order valence-electron chi connectivity index (χ0n) is 17.6. The maximum absolute atomic E-state index is 14.4. The fourth-order valence-corrected chi connectivity index (χ4v) is 3.67. The van der Waals surface area contributed by atoms with Gasteiger partial charge in [0.25, 0.3) is 0 Å². The number of alkyl halides is 3. The van der Waals surface area contributed by atoms with Gasteiger partial charge in [-0.1, -0.05) is 12.1 Å². The van der Waals surface area contributed by atoms with Crippen molar-refractivity contribution < 1.29 is 22.3 Å². The molecule has 0 radical (unpaired) electrons. The van der Waals surface area contributed by atoms with Crippen molar-refractivity contribution >= 4 is 22.5 Å². The smallest absolute Gasteiger partial charge is 0.419 e. The Kier molecular flexibility index (Phi) is 6.00. The van der Waals surface area contributed by atoms with Gasteiger partial charge in [-0.15, -0.1) is 0 Å². The summed E-state index contributed by atoms with van der Waals surface area (Å²) in [6.07, 6.45) is -4.77. The SMILES string of the molecule is COc1nc2nc(C)nc(NCc3cccc(C(F)(F)F)c3F)c2cc1N1CCNCC1. The third-order valence-electron chi connectivity index (χ3n) is 5.23. The Morgan fingerprint density at radius 3 is 2.59 bits per heavy atom. The topological polar surface area (TPSA) is 75.2 Å². The molecule has 3 heterocycles. The lowest BCUT2D eigenvalue weighted by Gasteiger charge is -2.30. The highest BCUT2D eigenvalue weighted by Crippen LogP contribution is 2.34. The number of rotatable bonds is 5. The van der Waals surface area contributed by atoms with Crippen LogP contribution in [0.2, 0.25) is 0 Å². The van der Waals surface area contributed by atoms with Crippen molar-refractivity contribution in [2.45, 2.75) is 19.6 Å². The van der Waals surface area contributed by atoms with Crippen LogP contribution in [0.5, 0.6) is 5.88 Å². The first-order chi connectivity index (χ1) is 15.3. The van der Waals surface area contributed by atoms with E-state index in [9.17, 15) is 17.6 Å². The molecule has 4 rings (SSSR count). The number of fused-ring (bicyclic) bond motifs is 1. The maximum Gasteiger partial charge on any atom is 0.419 e. The average molecular weight is 450 g/mol.